The Bertz CT molecular complexity index is 1260. The standard InChI is InChI=1S/C25H20ClN3O/c1-16-23(24(26)29(28-16)15-17-7-3-2-4-8-17)25(30)27-20-12-11-19-13-18-9-5-6-10-21(18)22(19)14-20/h2-12,14H,13,15H2,1H3,(H,27,30). The van der Waals surface area contributed by atoms with E-state index in [2.05, 4.69) is 34.7 Å². The molecule has 1 aliphatic rings. The molecule has 0 unspecified atom stereocenters. The summed E-state index contributed by atoms with van der Waals surface area (Å²) in [4.78, 5) is 13.0. The van der Waals surface area contributed by atoms with Crippen molar-refractivity contribution in [3.63, 3.8) is 0 Å². The van der Waals surface area contributed by atoms with Crippen molar-refractivity contribution < 1.29 is 4.79 Å². The van der Waals surface area contributed by atoms with Crippen LogP contribution in [0.2, 0.25) is 5.15 Å². The fraction of sp³-hybridized carbons (Fsp3) is 0.120. The molecule has 5 rings (SSSR count). The molecule has 0 aliphatic heterocycles. The zero-order chi connectivity index (χ0) is 20.7. The third kappa shape index (κ3) is 3.29. The first-order valence-corrected chi connectivity index (χ1v) is 10.3. The van der Waals surface area contributed by atoms with E-state index in [0.29, 0.717) is 23.0 Å². The van der Waals surface area contributed by atoms with Gasteiger partial charge in [-0.3, -0.25) is 4.79 Å². The Morgan fingerprint density at radius 2 is 1.73 bits per heavy atom. The topological polar surface area (TPSA) is 46.9 Å². The molecule has 5 heteroatoms. The van der Waals surface area contributed by atoms with Crippen LogP contribution in [0.5, 0.6) is 0 Å². The minimum Gasteiger partial charge on any atom is -0.322 e. The molecule has 1 heterocycles. The Hall–Kier alpha value is -3.37. The molecule has 0 bridgehead atoms. The second-order valence-corrected chi connectivity index (χ2v) is 7.91. The largest absolute Gasteiger partial charge is 0.322 e. The highest BCUT2D eigenvalue weighted by atomic mass is 35.5. The number of halogens is 1. The van der Waals surface area contributed by atoms with Crippen LogP contribution in [0.1, 0.15) is 32.7 Å². The Kier molecular flexibility index (Phi) is 4.64. The van der Waals surface area contributed by atoms with Gasteiger partial charge in [0.15, 0.2) is 0 Å². The molecule has 148 valence electrons. The van der Waals surface area contributed by atoms with E-state index in [1.807, 2.05) is 48.5 Å². The molecule has 30 heavy (non-hydrogen) atoms. The van der Waals surface area contributed by atoms with Gasteiger partial charge in [0.1, 0.15) is 5.15 Å². The minimum absolute atomic E-state index is 0.247. The zero-order valence-electron chi connectivity index (χ0n) is 16.5. The number of rotatable bonds is 4. The highest BCUT2D eigenvalue weighted by Gasteiger charge is 2.22. The van der Waals surface area contributed by atoms with Gasteiger partial charge in [0, 0.05) is 5.69 Å². The van der Waals surface area contributed by atoms with Crippen LogP contribution in [0.4, 0.5) is 5.69 Å². The van der Waals surface area contributed by atoms with Crippen LogP contribution >= 0.6 is 11.6 Å². The van der Waals surface area contributed by atoms with Crippen molar-refractivity contribution >= 4 is 23.2 Å². The number of carbonyl (C=O) groups is 1. The highest BCUT2D eigenvalue weighted by Crippen LogP contribution is 2.38. The SMILES string of the molecule is Cc1nn(Cc2ccccc2)c(Cl)c1C(=O)Nc1ccc2c(c1)-c1ccccc1C2. The molecule has 0 radical (unpaired) electrons. The van der Waals surface area contributed by atoms with Gasteiger partial charge >= 0.3 is 0 Å². The van der Waals surface area contributed by atoms with Crippen molar-refractivity contribution in [2.45, 2.75) is 19.9 Å². The first-order chi connectivity index (χ1) is 14.6. The molecule has 0 saturated heterocycles. The van der Waals surface area contributed by atoms with Crippen molar-refractivity contribution in [1.82, 2.24) is 9.78 Å². The molecule has 0 atom stereocenters. The van der Waals surface area contributed by atoms with Crippen LogP contribution in [-0.4, -0.2) is 15.7 Å². The van der Waals surface area contributed by atoms with Crippen LogP contribution in [0.3, 0.4) is 0 Å². The molecule has 1 aromatic heterocycles. The van der Waals surface area contributed by atoms with E-state index in [9.17, 15) is 4.79 Å². The van der Waals surface area contributed by atoms with E-state index in [1.165, 1.54) is 22.3 Å². The number of aryl methyl sites for hydroxylation is 1. The molecule has 1 N–H and O–H groups in total. The predicted molar refractivity (Wildman–Crippen MR) is 120 cm³/mol. The van der Waals surface area contributed by atoms with Gasteiger partial charge in [-0.2, -0.15) is 5.10 Å². The number of carbonyl (C=O) groups excluding carboxylic acids is 1. The quantitative estimate of drug-likeness (QED) is 0.409. The predicted octanol–water partition coefficient (Wildman–Crippen LogP) is 5.72. The van der Waals surface area contributed by atoms with Gasteiger partial charge < -0.3 is 5.32 Å². The van der Waals surface area contributed by atoms with E-state index < -0.39 is 0 Å². The van der Waals surface area contributed by atoms with Crippen molar-refractivity contribution in [3.05, 3.63) is 106 Å². The second-order valence-electron chi connectivity index (χ2n) is 7.55. The van der Waals surface area contributed by atoms with Gasteiger partial charge in [-0.1, -0.05) is 72.3 Å². The number of anilines is 1. The maximum atomic E-state index is 13.0. The minimum atomic E-state index is -0.247. The zero-order valence-corrected chi connectivity index (χ0v) is 17.3. The molecule has 4 nitrogen and oxygen atoms in total. The van der Waals surface area contributed by atoms with Gasteiger partial charge in [-0.05, 0) is 53.3 Å². The summed E-state index contributed by atoms with van der Waals surface area (Å²) in [5.41, 5.74) is 7.84. The molecule has 4 aromatic rings. The summed E-state index contributed by atoms with van der Waals surface area (Å²) >= 11 is 6.54. The van der Waals surface area contributed by atoms with E-state index in [1.54, 1.807) is 11.6 Å². The van der Waals surface area contributed by atoms with E-state index in [4.69, 9.17) is 11.6 Å². The molecular formula is C25H20ClN3O. The molecule has 1 aliphatic carbocycles. The molecular weight excluding hydrogens is 394 g/mol. The number of fused-ring (bicyclic) bond motifs is 3. The summed E-state index contributed by atoms with van der Waals surface area (Å²) in [6.45, 7) is 2.32. The molecule has 3 aromatic carbocycles. The van der Waals surface area contributed by atoms with Crippen LogP contribution in [0.25, 0.3) is 11.1 Å². The highest BCUT2D eigenvalue weighted by molar-refractivity contribution is 6.33. The summed E-state index contributed by atoms with van der Waals surface area (Å²) < 4.78 is 1.67. The van der Waals surface area contributed by atoms with E-state index >= 15 is 0 Å². The first-order valence-electron chi connectivity index (χ1n) is 9.89. The summed E-state index contributed by atoms with van der Waals surface area (Å²) in [5, 5.41) is 7.83. The van der Waals surface area contributed by atoms with Crippen molar-refractivity contribution in [3.8, 4) is 11.1 Å². The number of hydrogen-bond acceptors (Lipinski definition) is 2. The molecule has 0 saturated carbocycles. The number of nitrogens with zero attached hydrogens (tertiary/aromatic N) is 2. The van der Waals surface area contributed by atoms with Crippen molar-refractivity contribution in [2.24, 2.45) is 0 Å². The third-order valence-corrected chi connectivity index (χ3v) is 5.91. The lowest BCUT2D eigenvalue weighted by Gasteiger charge is -2.08. The lowest BCUT2D eigenvalue weighted by Crippen LogP contribution is -2.13. The van der Waals surface area contributed by atoms with Crippen LogP contribution in [0.15, 0.2) is 72.8 Å². The molecule has 0 spiro atoms. The number of aromatic nitrogens is 2. The lowest BCUT2D eigenvalue weighted by atomic mass is 10.1. The fourth-order valence-electron chi connectivity index (χ4n) is 4.07. The monoisotopic (exact) mass is 413 g/mol. The van der Waals surface area contributed by atoms with Gasteiger partial charge in [0.05, 0.1) is 17.8 Å². The smallest absolute Gasteiger partial charge is 0.260 e. The van der Waals surface area contributed by atoms with Crippen molar-refractivity contribution in [1.29, 1.82) is 0 Å². The second kappa shape index (κ2) is 7.47. The maximum Gasteiger partial charge on any atom is 0.260 e. The fourth-order valence-corrected chi connectivity index (χ4v) is 4.39. The first kappa shape index (κ1) is 18.6. The Morgan fingerprint density at radius 1 is 1.00 bits per heavy atom. The Balaban J connectivity index is 1.41. The number of nitrogens with one attached hydrogen (secondary N) is 1. The van der Waals surface area contributed by atoms with E-state index in [-0.39, 0.29) is 5.91 Å². The van der Waals surface area contributed by atoms with Gasteiger partial charge in [0.2, 0.25) is 0 Å². The van der Waals surface area contributed by atoms with Crippen LogP contribution in [0, 0.1) is 6.92 Å². The number of benzene rings is 3. The summed E-state index contributed by atoms with van der Waals surface area (Å²) in [7, 11) is 0. The maximum absolute atomic E-state index is 13.0. The Labute approximate surface area is 180 Å². The van der Waals surface area contributed by atoms with Gasteiger partial charge in [-0.25, -0.2) is 4.68 Å². The van der Waals surface area contributed by atoms with Crippen LogP contribution in [-0.2, 0) is 13.0 Å². The third-order valence-electron chi connectivity index (χ3n) is 5.52. The average molecular weight is 414 g/mol. The number of amides is 1. The van der Waals surface area contributed by atoms with E-state index in [0.717, 1.165) is 17.7 Å². The van der Waals surface area contributed by atoms with Crippen LogP contribution < -0.4 is 5.32 Å². The Morgan fingerprint density at radius 3 is 2.57 bits per heavy atom. The number of hydrogen-bond donors (Lipinski definition) is 1. The van der Waals surface area contributed by atoms with Crippen molar-refractivity contribution in [2.75, 3.05) is 5.32 Å². The molecule has 1 amide bonds. The molecule has 0 fully saturated rings. The lowest BCUT2D eigenvalue weighted by molar-refractivity contribution is 0.102. The summed E-state index contributed by atoms with van der Waals surface area (Å²) in [6, 6.07) is 24.4. The summed E-state index contributed by atoms with van der Waals surface area (Å²) in [5.74, 6) is -0.247. The normalized spacial score (nSPS) is 11.8. The average Bonchev–Trinajstić information content (AvgIpc) is 3.25. The summed E-state index contributed by atoms with van der Waals surface area (Å²) in [6.07, 6.45) is 0.928. The van der Waals surface area contributed by atoms with Gasteiger partial charge in [-0.15, -0.1) is 0 Å². The van der Waals surface area contributed by atoms with Gasteiger partial charge in [0.25, 0.3) is 5.91 Å².